The number of rotatable bonds is 5. The number of carbonyl (C=O) groups is 1. The van der Waals surface area contributed by atoms with Gasteiger partial charge in [-0.25, -0.2) is 13.6 Å². The molecule has 0 spiro atoms. The van der Waals surface area contributed by atoms with E-state index in [1.54, 1.807) is 24.3 Å². The molecule has 0 aliphatic rings. The number of benzene rings is 1. The summed E-state index contributed by atoms with van der Waals surface area (Å²) in [6.45, 7) is 0.157. The summed E-state index contributed by atoms with van der Waals surface area (Å²) in [6.07, 6.45) is -3.87. The van der Waals surface area contributed by atoms with Crippen molar-refractivity contribution in [1.29, 1.82) is 0 Å². The monoisotopic (exact) mass is 259 g/mol. The number of hydrogen-bond acceptors (Lipinski definition) is 3. The van der Waals surface area contributed by atoms with E-state index in [-0.39, 0.29) is 6.61 Å². The van der Waals surface area contributed by atoms with E-state index in [9.17, 15) is 13.6 Å². The molecular formula is C12H15F2NO3. The van der Waals surface area contributed by atoms with Crippen LogP contribution >= 0.6 is 0 Å². The summed E-state index contributed by atoms with van der Waals surface area (Å²) in [4.78, 5) is 11.3. The highest BCUT2D eigenvalue weighted by Crippen LogP contribution is 2.14. The smallest absolute Gasteiger partial charge is 0.408 e. The van der Waals surface area contributed by atoms with Gasteiger partial charge in [-0.1, -0.05) is 30.3 Å². The van der Waals surface area contributed by atoms with Crippen LogP contribution in [0.15, 0.2) is 30.3 Å². The molecule has 6 heteroatoms. The van der Waals surface area contributed by atoms with E-state index >= 15 is 0 Å². The molecule has 0 saturated heterocycles. The van der Waals surface area contributed by atoms with E-state index in [1.165, 1.54) is 0 Å². The Hall–Kier alpha value is -1.69. The number of aliphatic hydroxyl groups excluding tert-OH is 1. The quantitative estimate of drug-likeness (QED) is 0.849. The third-order valence-corrected chi connectivity index (χ3v) is 2.41. The molecule has 1 rings (SSSR count). The van der Waals surface area contributed by atoms with Crippen molar-refractivity contribution in [2.24, 2.45) is 0 Å². The van der Waals surface area contributed by atoms with Crippen LogP contribution in [0.25, 0.3) is 0 Å². The van der Waals surface area contributed by atoms with Gasteiger partial charge in [-0.05, 0) is 12.5 Å². The molecule has 0 aliphatic carbocycles. The Bertz CT molecular complexity index is 386. The summed E-state index contributed by atoms with van der Waals surface area (Å²) < 4.78 is 29.9. The first-order valence-corrected chi connectivity index (χ1v) is 5.36. The molecule has 4 nitrogen and oxygen atoms in total. The van der Waals surface area contributed by atoms with Crippen molar-refractivity contribution in [1.82, 2.24) is 5.32 Å². The molecule has 100 valence electrons. The van der Waals surface area contributed by atoms with Gasteiger partial charge in [0, 0.05) is 0 Å². The molecule has 0 saturated carbocycles. The molecule has 2 N–H and O–H groups in total. The summed E-state index contributed by atoms with van der Waals surface area (Å²) in [5.74, 6) is 0. The zero-order valence-electron chi connectivity index (χ0n) is 9.90. The first kappa shape index (κ1) is 14.4. The maximum atomic E-state index is 12.6. The van der Waals surface area contributed by atoms with Crippen LogP contribution < -0.4 is 5.32 Å². The maximum absolute atomic E-state index is 12.6. The van der Waals surface area contributed by atoms with Crippen molar-refractivity contribution in [2.45, 2.75) is 25.5 Å². The number of amides is 1. The second-order valence-electron chi connectivity index (χ2n) is 4.06. The van der Waals surface area contributed by atoms with Gasteiger partial charge in [-0.15, -0.1) is 0 Å². The fourth-order valence-electron chi connectivity index (χ4n) is 1.16. The molecule has 1 unspecified atom stereocenters. The van der Waals surface area contributed by atoms with Crippen LogP contribution in [0.4, 0.5) is 13.6 Å². The summed E-state index contributed by atoms with van der Waals surface area (Å²) >= 11 is 0. The zero-order chi connectivity index (χ0) is 13.6. The average Bonchev–Trinajstić information content (AvgIpc) is 2.37. The molecule has 0 aliphatic heterocycles. The summed E-state index contributed by atoms with van der Waals surface area (Å²) in [5.41, 5.74) is -1.25. The van der Waals surface area contributed by atoms with Crippen molar-refractivity contribution in [3.63, 3.8) is 0 Å². The van der Waals surface area contributed by atoms with Crippen LogP contribution in [0, 0.1) is 0 Å². The number of hydrogen-bond donors (Lipinski definition) is 2. The Morgan fingerprint density at radius 1 is 1.44 bits per heavy atom. The first-order valence-electron chi connectivity index (χ1n) is 5.36. The molecule has 0 radical (unpaired) electrons. The zero-order valence-corrected chi connectivity index (χ0v) is 9.90. The van der Waals surface area contributed by atoms with E-state index in [2.05, 4.69) is 0 Å². The molecule has 1 atom stereocenters. The van der Waals surface area contributed by atoms with Gasteiger partial charge in [0.1, 0.15) is 12.1 Å². The molecular weight excluding hydrogens is 244 g/mol. The number of aliphatic hydroxyl groups is 1. The lowest BCUT2D eigenvalue weighted by Gasteiger charge is -2.26. The lowest BCUT2D eigenvalue weighted by molar-refractivity contribution is 0.00313. The Kier molecular flexibility index (Phi) is 5.03. The van der Waals surface area contributed by atoms with Gasteiger partial charge in [0.15, 0.2) is 0 Å². The van der Waals surface area contributed by atoms with Crippen molar-refractivity contribution in [2.75, 3.05) is 6.61 Å². The Morgan fingerprint density at radius 2 is 2.06 bits per heavy atom. The largest absolute Gasteiger partial charge is 0.445 e. The van der Waals surface area contributed by atoms with Gasteiger partial charge in [0.2, 0.25) is 0 Å². The Morgan fingerprint density at radius 3 is 2.56 bits per heavy atom. The normalized spacial score (nSPS) is 14.1. The second-order valence-corrected chi connectivity index (χ2v) is 4.06. The topological polar surface area (TPSA) is 58.6 Å². The van der Waals surface area contributed by atoms with Gasteiger partial charge in [-0.3, -0.25) is 0 Å². The summed E-state index contributed by atoms with van der Waals surface area (Å²) in [7, 11) is 0. The lowest BCUT2D eigenvalue weighted by Crippen LogP contribution is -2.54. The van der Waals surface area contributed by atoms with Crippen LogP contribution in [0.1, 0.15) is 12.5 Å². The first-order chi connectivity index (χ1) is 8.48. The predicted octanol–water partition coefficient (Wildman–Crippen LogP) is 1.93. The van der Waals surface area contributed by atoms with Crippen molar-refractivity contribution in [3.05, 3.63) is 35.9 Å². The Labute approximate surface area is 104 Å². The van der Waals surface area contributed by atoms with Crippen molar-refractivity contribution in [3.8, 4) is 0 Å². The fraction of sp³-hybridized carbons (Fsp3) is 0.417. The molecule has 0 heterocycles. The number of ether oxygens (including phenoxy) is 1. The number of halogens is 2. The minimum Gasteiger partial charge on any atom is -0.445 e. The van der Waals surface area contributed by atoms with Gasteiger partial charge in [0.25, 0.3) is 6.43 Å². The molecule has 0 fully saturated rings. The lowest BCUT2D eigenvalue weighted by atomic mass is 10.1. The average molecular weight is 259 g/mol. The highest BCUT2D eigenvalue weighted by molar-refractivity contribution is 5.68. The molecule has 1 aromatic rings. The van der Waals surface area contributed by atoms with Gasteiger partial charge in [-0.2, -0.15) is 0 Å². The molecule has 0 bridgehead atoms. The Balaban J connectivity index is 2.47. The number of alkyl halides is 2. The number of carbonyl (C=O) groups excluding carboxylic acids is 1. The second kappa shape index (κ2) is 6.30. The van der Waals surface area contributed by atoms with Crippen LogP contribution in [-0.2, 0) is 11.3 Å². The van der Waals surface area contributed by atoms with E-state index in [1.807, 2.05) is 11.4 Å². The van der Waals surface area contributed by atoms with Gasteiger partial charge < -0.3 is 15.2 Å². The third-order valence-electron chi connectivity index (χ3n) is 2.41. The van der Waals surface area contributed by atoms with E-state index in [0.29, 0.717) is 0 Å². The van der Waals surface area contributed by atoms with Crippen LogP contribution in [0.5, 0.6) is 0 Å². The third kappa shape index (κ3) is 3.96. The minimum absolute atomic E-state index is 0.0164. The van der Waals surface area contributed by atoms with Crippen LogP contribution in [-0.4, -0.2) is 29.8 Å². The standard InChI is InChI=1S/C12H15F2NO3/c1-12(8-16,10(13)14)15-11(17)18-7-9-5-3-2-4-6-9/h2-6,10,16H,7-8H2,1H3,(H,15,17). The predicted molar refractivity (Wildman–Crippen MR) is 61.3 cm³/mol. The molecule has 18 heavy (non-hydrogen) atoms. The van der Waals surface area contributed by atoms with E-state index < -0.39 is 24.7 Å². The van der Waals surface area contributed by atoms with E-state index in [4.69, 9.17) is 9.84 Å². The summed E-state index contributed by atoms with van der Waals surface area (Å²) in [5, 5.41) is 10.8. The van der Waals surface area contributed by atoms with Crippen molar-refractivity contribution >= 4 is 6.09 Å². The molecule has 1 amide bonds. The highest BCUT2D eigenvalue weighted by Gasteiger charge is 2.36. The van der Waals surface area contributed by atoms with Crippen molar-refractivity contribution < 1.29 is 23.4 Å². The number of alkyl carbamates (subject to hydrolysis) is 1. The van der Waals surface area contributed by atoms with Crippen LogP contribution in [0.2, 0.25) is 0 Å². The maximum Gasteiger partial charge on any atom is 0.408 e. The van der Waals surface area contributed by atoms with Gasteiger partial charge in [0.05, 0.1) is 6.61 Å². The van der Waals surface area contributed by atoms with Crippen LogP contribution in [0.3, 0.4) is 0 Å². The highest BCUT2D eigenvalue weighted by atomic mass is 19.3. The fourth-order valence-corrected chi connectivity index (χ4v) is 1.16. The SMILES string of the molecule is CC(CO)(NC(=O)OCc1ccccc1)C(F)F. The number of nitrogens with one attached hydrogen (secondary N) is 1. The minimum atomic E-state index is -2.88. The molecule has 0 aromatic heterocycles. The van der Waals surface area contributed by atoms with Gasteiger partial charge >= 0.3 is 6.09 Å². The molecule has 1 aromatic carbocycles. The summed E-state index contributed by atoms with van der Waals surface area (Å²) in [6, 6.07) is 8.83. The van der Waals surface area contributed by atoms with E-state index in [0.717, 1.165) is 12.5 Å².